The highest BCUT2D eigenvalue weighted by molar-refractivity contribution is 7.92. The van der Waals surface area contributed by atoms with E-state index >= 15 is 0 Å². The molecule has 0 bridgehead atoms. The van der Waals surface area contributed by atoms with Gasteiger partial charge in [0.2, 0.25) is 0 Å². The van der Waals surface area contributed by atoms with E-state index in [-0.39, 0.29) is 28.6 Å². The minimum Gasteiger partial charge on any atom is -0.497 e. The number of carbonyl (C=O) groups is 1. The molecule has 8 nitrogen and oxygen atoms in total. The number of anilines is 2. The molecule has 0 aliphatic rings. The molecular formula is C24H27N3O5S. The van der Waals surface area contributed by atoms with Crippen molar-refractivity contribution < 1.29 is 22.7 Å². The quantitative estimate of drug-likeness (QED) is 0.512. The maximum Gasteiger partial charge on any atom is 0.263 e. The largest absolute Gasteiger partial charge is 0.497 e. The molecule has 2 N–H and O–H groups in total. The van der Waals surface area contributed by atoms with E-state index in [0.717, 1.165) is 5.56 Å². The lowest BCUT2D eigenvalue weighted by molar-refractivity contribution is -0.118. The van der Waals surface area contributed by atoms with Crippen molar-refractivity contribution in [3.8, 4) is 11.5 Å². The number of amides is 1. The predicted molar refractivity (Wildman–Crippen MR) is 127 cm³/mol. The van der Waals surface area contributed by atoms with Gasteiger partial charge in [0.1, 0.15) is 17.3 Å². The minimum atomic E-state index is -3.79. The number of nitrogens with zero attached hydrogens (tertiary/aromatic N) is 1. The topological polar surface area (TPSA) is 107 Å². The van der Waals surface area contributed by atoms with Crippen molar-refractivity contribution in [2.45, 2.75) is 31.1 Å². The molecule has 0 atom stereocenters. The smallest absolute Gasteiger partial charge is 0.263 e. The first kappa shape index (κ1) is 24.1. The molecule has 3 rings (SSSR count). The summed E-state index contributed by atoms with van der Waals surface area (Å²) in [4.78, 5) is 16.4. The van der Waals surface area contributed by atoms with Crippen LogP contribution >= 0.6 is 0 Å². The molecule has 0 fully saturated rings. The fraction of sp³-hybridized carbons (Fsp3) is 0.250. The number of methoxy groups -OCH3 is 1. The molecule has 2 aromatic carbocycles. The molecule has 174 valence electrons. The van der Waals surface area contributed by atoms with E-state index in [9.17, 15) is 13.2 Å². The van der Waals surface area contributed by atoms with Crippen LogP contribution in [0, 0.1) is 0 Å². The van der Waals surface area contributed by atoms with E-state index in [1.807, 2.05) is 26.8 Å². The number of hydrogen-bond acceptors (Lipinski definition) is 6. The summed E-state index contributed by atoms with van der Waals surface area (Å²) in [5.41, 5.74) is 1.17. The number of nitrogens with one attached hydrogen (secondary N) is 2. The van der Waals surface area contributed by atoms with Crippen LogP contribution in [0.2, 0.25) is 0 Å². The lowest BCUT2D eigenvalue weighted by atomic mass is 9.86. The highest BCUT2D eigenvalue weighted by Crippen LogP contribution is 2.34. The Morgan fingerprint density at radius 3 is 2.36 bits per heavy atom. The van der Waals surface area contributed by atoms with Crippen LogP contribution in [0.25, 0.3) is 0 Å². The van der Waals surface area contributed by atoms with E-state index in [2.05, 4.69) is 15.0 Å². The molecule has 0 saturated heterocycles. The third-order valence-corrected chi connectivity index (χ3v) is 6.08. The van der Waals surface area contributed by atoms with Crippen LogP contribution in [0.3, 0.4) is 0 Å². The minimum absolute atomic E-state index is 0.0513. The Morgan fingerprint density at radius 1 is 1.03 bits per heavy atom. The van der Waals surface area contributed by atoms with Crippen LogP contribution < -0.4 is 19.5 Å². The Labute approximate surface area is 194 Å². The number of benzene rings is 2. The highest BCUT2D eigenvalue weighted by Gasteiger charge is 2.21. The van der Waals surface area contributed by atoms with E-state index in [1.54, 1.807) is 37.4 Å². The molecule has 0 unspecified atom stereocenters. The molecular weight excluding hydrogens is 442 g/mol. The number of ether oxygens (including phenoxy) is 2. The number of carbonyl (C=O) groups excluding carboxylic acids is 1. The summed E-state index contributed by atoms with van der Waals surface area (Å²) in [5.74, 6) is 1.16. The van der Waals surface area contributed by atoms with Gasteiger partial charge in [-0.15, -0.1) is 0 Å². The first-order chi connectivity index (χ1) is 15.6. The molecule has 1 aromatic heterocycles. The zero-order valence-corrected chi connectivity index (χ0v) is 19.8. The molecule has 0 aliphatic heterocycles. The van der Waals surface area contributed by atoms with Gasteiger partial charge in [0.25, 0.3) is 15.9 Å². The predicted octanol–water partition coefficient (Wildman–Crippen LogP) is 4.21. The molecule has 9 heteroatoms. The van der Waals surface area contributed by atoms with Crippen LogP contribution in [0.15, 0.2) is 71.8 Å². The van der Waals surface area contributed by atoms with Gasteiger partial charge in [-0.05, 0) is 60.0 Å². The van der Waals surface area contributed by atoms with Crippen LogP contribution in [0.1, 0.15) is 26.3 Å². The van der Waals surface area contributed by atoms with E-state index < -0.39 is 10.0 Å². The fourth-order valence-corrected chi connectivity index (χ4v) is 4.03. The summed E-state index contributed by atoms with van der Waals surface area (Å²) in [6.45, 7) is 5.95. The van der Waals surface area contributed by atoms with Crippen LogP contribution in [-0.4, -0.2) is 33.0 Å². The third kappa shape index (κ3) is 6.45. The number of sulfonamides is 1. The summed E-state index contributed by atoms with van der Waals surface area (Å²) in [5, 5.41) is 2.71. The van der Waals surface area contributed by atoms with Crippen molar-refractivity contribution in [3.63, 3.8) is 0 Å². The summed E-state index contributed by atoms with van der Waals surface area (Å²) < 4.78 is 38.4. The van der Waals surface area contributed by atoms with Gasteiger partial charge in [-0.2, -0.15) is 0 Å². The van der Waals surface area contributed by atoms with Crippen molar-refractivity contribution in [2.24, 2.45) is 0 Å². The Balaban J connectivity index is 1.63. The van der Waals surface area contributed by atoms with Gasteiger partial charge in [-0.1, -0.05) is 26.8 Å². The average Bonchev–Trinajstić information content (AvgIpc) is 2.77. The van der Waals surface area contributed by atoms with Crippen molar-refractivity contribution in [1.29, 1.82) is 0 Å². The standard InChI is InChI=1S/C24H27N3O5S/c1-24(2,3)20-15-18(31-4)10-13-21(20)32-16-23(28)26-17-8-11-19(12-9-17)33(29,30)27-22-7-5-6-14-25-22/h5-15H,16H2,1-4H3,(H,25,27)(H,26,28). The first-order valence-corrected chi connectivity index (χ1v) is 11.7. The Bertz CT molecular complexity index is 1210. The second-order valence-electron chi connectivity index (χ2n) is 8.29. The maximum atomic E-state index is 12.5. The molecule has 0 spiro atoms. The molecule has 0 aliphatic carbocycles. The van der Waals surface area contributed by atoms with Crippen LogP contribution in [0.4, 0.5) is 11.5 Å². The van der Waals surface area contributed by atoms with Gasteiger partial charge in [0, 0.05) is 17.4 Å². The average molecular weight is 470 g/mol. The van der Waals surface area contributed by atoms with Crippen molar-refractivity contribution in [3.05, 3.63) is 72.4 Å². The molecule has 3 aromatic rings. The van der Waals surface area contributed by atoms with Crippen molar-refractivity contribution in [1.82, 2.24) is 4.98 Å². The van der Waals surface area contributed by atoms with Crippen LogP contribution in [0.5, 0.6) is 11.5 Å². The number of pyridine rings is 1. The number of aromatic nitrogens is 1. The molecule has 1 heterocycles. The Hall–Kier alpha value is -3.59. The van der Waals surface area contributed by atoms with Gasteiger partial charge in [-0.3, -0.25) is 9.52 Å². The number of hydrogen-bond donors (Lipinski definition) is 2. The number of rotatable bonds is 8. The summed E-state index contributed by atoms with van der Waals surface area (Å²) in [6.07, 6.45) is 1.49. The van der Waals surface area contributed by atoms with Crippen molar-refractivity contribution in [2.75, 3.05) is 23.8 Å². The van der Waals surface area contributed by atoms with Crippen LogP contribution in [-0.2, 0) is 20.2 Å². The normalized spacial score (nSPS) is 11.5. The van der Waals surface area contributed by atoms with Gasteiger partial charge in [0.15, 0.2) is 6.61 Å². The van der Waals surface area contributed by atoms with E-state index in [0.29, 0.717) is 17.2 Å². The Kier molecular flexibility index (Phi) is 7.23. The lowest BCUT2D eigenvalue weighted by Gasteiger charge is -2.23. The van der Waals surface area contributed by atoms with Gasteiger partial charge >= 0.3 is 0 Å². The molecule has 33 heavy (non-hydrogen) atoms. The SMILES string of the molecule is COc1ccc(OCC(=O)Nc2ccc(S(=O)(=O)Nc3ccccn3)cc2)c(C(C)(C)C)c1. The van der Waals surface area contributed by atoms with E-state index in [1.165, 1.54) is 30.5 Å². The van der Waals surface area contributed by atoms with E-state index in [4.69, 9.17) is 9.47 Å². The first-order valence-electron chi connectivity index (χ1n) is 10.2. The van der Waals surface area contributed by atoms with Gasteiger partial charge in [0.05, 0.1) is 12.0 Å². The third-order valence-electron chi connectivity index (χ3n) is 4.71. The lowest BCUT2D eigenvalue weighted by Crippen LogP contribution is -2.22. The fourth-order valence-electron chi connectivity index (χ4n) is 3.03. The second-order valence-corrected chi connectivity index (χ2v) is 9.98. The summed E-state index contributed by atoms with van der Waals surface area (Å²) >= 11 is 0. The Morgan fingerprint density at radius 2 is 1.76 bits per heavy atom. The zero-order chi connectivity index (χ0) is 24.1. The molecule has 0 radical (unpaired) electrons. The van der Waals surface area contributed by atoms with Gasteiger partial charge in [-0.25, -0.2) is 13.4 Å². The maximum absolute atomic E-state index is 12.5. The summed E-state index contributed by atoms with van der Waals surface area (Å²) in [6, 6.07) is 16.2. The molecule has 1 amide bonds. The summed E-state index contributed by atoms with van der Waals surface area (Å²) in [7, 11) is -2.19. The van der Waals surface area contributed by atoms with Gasteiger partial charge < -0.3 is 14.8 Å². The monoisotopic (exact) mass is 469 g/mol. The second kappa shape index (κ2) is 9.91. The zero-order valence-electron chi connectivity index (χ0n) is 19.0. The van der Waals surface area contributed by atoms with Crippen molar-refractivity contribution >= 4 is 27.4 Å². The highest BCUT2D eigenvalue weighted by atomic mass is 32.2. The molecule has 0 saturated carbocycles.